The standard InChI is InChI=1S/C18H21N3O4S/c22-16(8-7-15-19-17(20-25-15)14-6-3-9-26-14)21-12-5-2-1-4-11(12)10-13(21)18(23)24/h3,6,9,11-13H,1-2,4-5,7-8,10H2,(H,23,24)/t11-,12-,13-/m0/s1. The van der Waals surface area contributed by atoms with E-state index in [2.05, 4.69) is 10.1 Å². The Labute approximate surface area is 155 Å². The van der Waals surface area contributed by atoms with Crippen LogP contribution in [-0.4, -0.2) is 44.1 Å². The van der Waals surface area contributed by atoms with Crippen molar-refractivity contribution in [3.63, 3.8) is 0 Å². The lowest BCUT2D eigenvalue weighted by molar-refractivity contribution is -0.149. The fourth-order valence-corrected chi connectivity index (χ4v) is 4.89. The van der Waals surface area contributed by atoms with Gasteiger partial charge in [0.2, 0.25) is 17.6 Å². The molecule has 3 atom stereocenters. The van der Waals surface area contributed by atoms with Gasteiger partial charge in [0, 0.05) is 18.9 Å². The molecule has 0 aromatic carbocycles. The van der Waals surface area contributed by atoms with Gasteiger partial charge < -0.3 is 14.5 Å². The topological polar surface area (TPSA) is 96.5 Å². The number of amides is 1. The van der Waals surface area contributed by atoms with Crippen molar-refractivity contribution in [2.24, 2.45) is 5.92 Å². The SMILES string of the molecule is O=C(O)[C@@H]1C[C@@H]2CCCC[C@@H]2N1C(=O)CCc1nc(-c2cccs2)no1. The Hall–Kier alpha value is -2.22. The second-order valence-corrected chi connectivity index (χ2v) is 7.94. The molecule has 3 heterocycles. The summed E-state index contributed by atoms with van der Waals surface area (Å²) in [4.78, 5) is 31.3. The number of thiophene rings is 1. The van der Waals surface area contributed by atoms with Gasteiger partial charge in [0.15, 0.2) is 0 Å². The third-order valence-electron chi connectivity index (χ3n) is 5.42. The largest absolute Gasteiger partial charge is 0.480 e. The van der Waals surface area contributed by atoms with Gasteiger partial charge in [-0.3, -0.25) is 4.79 Å². The molecule has 1 aliphatic carbocycles. The summed E-state index contributed by atoms with van der Waals surface area (Å²) in [5.41, 5.74) is 0. The van der Waals surface area contributed by atoms with Gasteiger partial charge in [-0.15, -0.1) is 11.3 Å². The Morgan fingerprint density at radius 2 is 2.19 bits per heavy atom. The number of nitrogens with zero attached hydrogens (tertiary/aromatic N) is 3. The number of aliphatic carboxylic acids is 1. The zero-order chi connectivity index (χ0) is 18.1. The number of hydrogen-bond donors (Lipinski definition) is 1. The summed E-state index contributed by atoms with van der Waals surface area (Å²) in [5.74, 6) is 0.239. The number of carboxylic acid groups (broad SMARTS) is 1. The Kier molecular flexibility index (Phi) is 4.76. The summed E-state index contributed by atoms with van der Waals surface area (Å²) >= 11 is 1.52. The van der Waals surface area contributed by atoms with Crippen LogP contribution in [0.15, 0.2) is 22.0 Å². The fraction of sp³-hybridized carbons (Fsp3) is 0.556. The lowest BCUT2D eigenvalue weighted by Crippen LogP contribution is -2.46. The third kappa shape index (κ3) is 3.25. The number of fused-ring (bicyclic) bond motifs is 1. The molecule has 0 unspecified atom stereocenters. The van der Waals surface area contributed by atoms with E-state index in [9.17, 15) is 14.7 Å². The maximum atomic E-state index is 12.8. The number of aryl methyl sites for hydroxylation is 1. The van der Waals surface area contributed by atoms with Crippen LogP contribution in [0.2, 0.25) is 0 Å². The number of carbonyl (C=O) groups excluding carboxylic acids is 1. The summed E-state index contributed by atoms with van der Waals surface area (Å²) in [5, 5.41) is 15.4. The highest BCUT2D eigenvalue weighted by Gasteiger charge is 2.47. The lowest BCUT2D eigenvalue weighted by atomic mass is 9.84. The molecule has 2 aromatic heterocycles. The minimum Gasteiger partial charge on any atom is -0.480 e. The average molecular weight is 375 g/mol. The summed E-state index contributed by atoms with van der Waals surface area (Å²) in [6.45, 7) is 0. The number of rotatable bonds is 5. The van der Waals surface area contributed by atoms with E-state index in [4.69, 9.17) is 4.52 Å². The first kappa shape index (κ1) is 17.2. The van der Waals surface area contributed by atoms with Crippen LogP contribution in [0.4, 0.5) is 0 Å². The quantitative estimate of drug-likeness (QED) is 0.863. The first-order valence-corrected chi connectivity index (χ1v) is 9.92. The lowest BCUT2D eigenvalue weighted by Gasteiger charge is -2.33. The smallest absolute Gasteiger partial charge is 0.326 e. The van der Waals surface area contributed by atoms with Crippen molar-refractivity contribution in [3.8, 4) is 10.7 Å². The van der Waals surface area contributed by atoms with E-state index in [1.165, 1.54) is 11.3 Å². The van der Waals surface area contributed by atoms with Crippen LogP contribution in [0.25, 0.3) is 10.7 Å². The molecule has 1 aliphatic heterocycles. The predicted octanol–water partition coefficient (Wildman–Crippen LogP) is 2.98. The number of aromatic nitrogens is 2. The van der Waals surface area contributed by atoms with Crippen LogP contribution < -0.4 is 0 Å². The monoisotopic (exact) mass is 375 g/mol. The molecule has 138 valence electrons. The zero-order valence-corrected chi connectivity index (χ0v) is 15.2. The van der Waals surface area contributed by atoms with Crippen LogP contribution >= 0.6 is 11.3 Å². The summed E-state index contributed by atoms with van der Waals surface area (Å²) in [7, 11) is 0. The molecular weight excluding hydrogens is 354 g/mol. The van der Waals surface area contributed by atoms with Gasteiger partial charge in [0.05, 0.1) is 4.88 Å². The zero-order valence-electron chi connectivity index (χ0n) is 14.3. The van der Waals surface area contributed by atoms with Crippen LogP contribution in [0.5, 0.6) is 0 Å². The van der Waals surface area contributed by atoms with E-state index < -0.39 is 12.0 Å². The minimum absolute atomic E-state index is 0.0710. The molecule has 26 heavy (non-hydrogen) atoms. The van der Waals surface area contributed by atoms with Gasteiger partial charge in [0.1, 0.15) is 6.04 Å². The molecule has 1 amide bonds. The Morgan fingerprint density at radius 3 is 2.96 bits per heavy atom. The molecule has 1 saturated heterocycles. The molecule has 2 aliphatic rings. The number of likely N-dealkylation sites (tertiary alicyclic amines) is 1. The summed E-state index contributed by atoms with van der Waals surface area (Å²) < 4.78 is 5.24. The molecule has 7 nitrogen and oxygen atoms in total. The van der Waals surface area contributed by atoms with Crippen molar-refractivity contribution in [1.29, 1.82) is 0 Å². The minimum atomic E-state index is -0.898. The molecule has 4 rings (SSSR count). The van der Waals surface area contributed by atoms with Gasteiger partial charge in [-0.2, -0.15) is 4.98 Å². The average Bonchev–Trinajstić information content (AvgIpc) is 3.37. The van der Waals surface area contributed by atoms with Gasteiger partial charge in [-0.05, 0) is 36.6 Å². The van der Waals surface area contributed by atoms with Crippen LogP contribution in [0, 0.1) is 5.92 Å². The van der Waals surface area contributed by atoms with Crippen molar-refractivity contribution in [3.05, 3.63) is 23.4 Å². The highest BCUT2D eigenvalue weighted by molar-refractivity contribution is 7.13. The normalized spacial score (nSPS) is 25.2. The molecule has 8 heteroatoms. The highest BCUT2D eigenvalue weighted by atomic mass is 32.1. The van der Waals surface area contributed by atoms with E-state index in [-0.39, 0.29) is 18.4 Å². The number of carbonyl (C=O) groups is 2. The van der Waals surface area contributed by atoms with Crippen molar-refractivity contribution in [1.82, 2.24) is 15.0 Å². The van der Waals surface area contributed by atoms with Crippen LogP contribution in [0.3, 0.4) is 0 Å². The van der Waals surface area contributed by atoms with Crippen LogP contribution in [0.1, 0.15) is 44.4 Å². The van der Waals surface area contributed by atoms with Crippen molar-refractivity contribution in [2.75, 3.05) is 0 Å². The van der Waals surface area contributed by atoms with E-state index >= 15 is 0 Å². The molecule has 0 bridgehead atoms. The Balaban J connectivity index is 1.42. The Bertz CT molecular complexity index is 788. The first-order chi connectivity index (χ1) is 12.6. The van der Waals surface area contributed by atoms with Gasteiger partial charge >= 0.3 is 5.97 Å². The van der Waals surface area contributed by atoms with E-state index in [1.807, 2.05) is 17.5 Å². The second kappa shape index (κ2) is 7.19. The predicted molar refractivity (Wildman–Crippen MR) is 94.6 cm³/mol. The van der Waals surface area contributed by atoms with Crippen molar-refractivity contribution >= 4 is 23.2 Å². The second-order valence-electron chi connectivity index (χ2n) is 6.99. The summed E-state index contributed by atoms with van der Waals surface area (Å²) in [6.07, 6.45) is 5.22. The molecule has 2 aromatic rings. The molecule has 1 saturated carbocycles. The summed E-state index contributed by atoms with van der Waals surface area (Å²) in [6, 6.07) is 3.20. The highest BCUT2D eigenvalue weighted by Crippen LogP contribution is 2.40. The molecule has 2 fully saturated rings. The van der Waals surface area contributed by atoms with Crippen LogP contribution in [-0.2, 0) is 16.0 Å². The molecule has 0 spiro atoms. The molecule has 0 radical (unpaired) electrons. The number of hydrogen-bond acceptors (Lipinski definition) is 6. The number of carboxylic acids is 1. The van der Waals surface area contributed by atoms with Crippen molar-refractivity contribution in [2.45, 2.75) is 57.0 Å². The van der Waals surface area contributed by atoms with Gasteiger partial charge in [-0.1, -0.05) is 24.1 Å². The van der Waals surface area contributed by atoms with E-state index in [0.717, 1.165) is 30.6 Å². The van der Waals surface area contributed by atoms with E-state index in [0.29, 0.717) is 30.5 Å². The maximum absolute atomic E-state index is 12.8. The Morgan fingerprint density at radius 1 is 1.35 bits per heavy atom. The maximum Gasteiger partial charge on any atom is 0.326 e. The fourth-order valence-electron chi connectivity index (χ4n) is 4.24. The van der Waals surface area contributed by atoms with Gasteiger partial charge in [0.25, 0.3) is 0 Å². The first-order valence-electron chi connectivity index (χ1n) is 9.04. The third-order valence-corrected chi connectivity index (χ3v) is 6.29. The van der Waals surface area contributed by atoms with E-state index in [1.54, 1.807) is 4.90 Å². The molecule has 1 N–H and O–H groups in total. The molecular formula is C18H21N3O4S. The van der Waals surface area contributed by atoms with Gasteiger partial charge in [-0.25, -0.2) is 4.79 Å². The van der Waals surface area contributed by atoms with Crippen molar-refractivity contribution < 1.29 is 19.2 Å².